The van der Waals surface area contributed by atoms with Gasteiger partial charge in [0.1, 0.15) is 0 Å². The lowest BCUT2D eigenvalue weighted by Gasteiger charge is -2.09. The smallest absolute Gasteiger partial charge is 0.337 e. The molecular formula is C15H19NO3S. The van der Waals surface area contributed by atoms with Gasteiger partial charge in [-0.05, 0) is 37.1 Å². The highest BCUT2D eigenvalue weighted by Gasteiger charge is 2.16. The minimum absolute atomic E-state index is 0.00715. The molecule has 0 bridgehead atoms. The van der Waals surface area contributed by atoms with E-state index in [4.69, 9.17) is 0 Å². The average Bonchev–Trinajstić information content (AvgIpc) is 2.98. The second-order valence-electron chi connectivity index (χ2n) is 4.83. The number of hydrogen-bond donors (Lipinski definition) is 1. The Morgan fingerprint density at radius 2 is 1.90 bits per heavy atom. The van der Waals surface area contributed by atoms with Gasteiger partial charge >= 0.3 is 5.97 Å². The van der Waals surface area contributed by atoms with Gasteiger partial charge in [-0.1, -0.05) is 12.8 Å². The van der Waals surface area contributed by atoms with Gasteiger partial charge in [-0.25, -0.2) is 4.79 Å². The quantitative estimate of drug-likeness (QED) is 0.848. The second kappa shape index (κ2) is 7.33. The van der Waals surface area contributed by atoms with E-state index in [1.807, 2.05) is 0 Å². The molecule has 1 N–H and O–H groups in total. The molecule has 1 saturated carbocycles. The van der Waals surface area contributed by atoms with Gasteiger partial charge in [0, 0.05) is 10.9 Å². The fourth-order valence-electron chi connectivity index (χ4n) is 2.25. The van der Waals surface area contributed by atoms with Crippen LogP contribution >= 0.6 is 11.8 Å². The van der Waals surface area contributed by atoms with Gasteiger partial charge in [-0.15, -0.1) is 11.8 Å². The van der Waals surface area contributed by atoms with Gasteiger partial charge in [0.25, 0.3) is 0 Å². The Morgan fingerprint density at radius 3 is 2.50 bits per heavy atom. The lowest BCUT2D eigenvalue weighted by atomic mass is 10.2. The third-order valence-electron chi connectivity index (χ3n) is 3.34. The Morgan fingerprint density at radius 1 is 1.25 bits per heavy atom. The molecule has 1 amide bonds. The molecule has 0 spiro atoms. The molecule has 0 atom stereocenters. The molecule has 1 aliphatic rings. The van der Waals surface area contributed by atoms with E-state index in [9.17, 15) is 9.59 Å². The fraction of sp³-hybridized carbons (Fsp3) is 0.467. The Balaban J connectivity index is 1.80. The zero-order valence-electron chi connectivity index (χ0n) is 11.6. The highest BCUT2D eigenvalue weighted by molar-refractivity contribution is 8.00. The molecule has 108 valence electrons. The number of anilines is 1. The number of nitrogens with one attached hydrogen (secondary N) is 1. The third-order valence-corrected chi connectivity index (χ3v) is 4.71. The van der Waals surface area contributed by atoms with E-state index in [-0.39, 0.29) is 11.9 Å². The molecule has 0 aliphatic heterocycles. The molecule has 1 aromatic carbocycles. The summed E-state index contributed by atoms with van der Waals surface area (Å²) >= 11 is 1.74. The number of benzene rings is 1. The van der Waals surface area contributed by atoms with E-state index in [0.29, 0.717) is 22.3 Å². The Bertz CT molecular complexity index is 467. The standard InChI is InChI=1S/C15H19NO3S/c1-19-15(18)11-6-8-12(9-7-11)16-14(17)10-20-13-4-2-3-5-13/h6-9,13H,2-5,10H2,1H3,(H,16,17). The molecule has 0 aromatic heterocycles. The third kappa shape index (κ3) is 4.27. The zero-order chi connectivity index (χ0) is 14.4. The summed E-state index contributed by atoms with van der Waals surface area (Å²) in [6, 6.07) is 6.71. The molecular weight excluding hydrogens is 274 g/mol. The van der Waals surface area contributed by atoms with Crippen molar-refractivity contribution >= 4 is 29.3 Å². The summed E-state index contributed by atoms with van der Waals surface area (Å²) in [5.74, 6) is 0.121. The number of amides is 1. The van der Waals surface area contributed by atoms with Crippen LogP contribution in [0.3, 0.4) is 0 Å². The largest absolute Gasteiger partial charge is 0.465 e. The summed E-state index contributed by atoms with van der Waals surface area (Å²) in [7, 11) is 1.35. The van der Waals surface area contributed by atoms with Gasteiger partial charge in [-0.3, -0.25) is 4.79 Å². The van der Waals surface area contributed by atoms with Crippen molar-refractivity contribution in [2.75, 3.05) is 18.2 Å². The number of hydrogen-bond acceptors (Lipinski definition) is 4. The van der Waals surface area contributed by atoms with Crippen LogP contribution < -0.4 is 5.32 Å². The summed E-state index contributed by atoms with van der Waals surface area (Å²) < 4.78 is 4.62. The van der Waals surface area contributed by atoms with Crippen molar-refractivity contribution in [1.29, 1.82) is 0 Å². The summed E-state index contributed by atoms with van der Waals surface area (Å²) in [5, 5.41) is 3.48. The van der Waals surface area contributed by atoms with Crippen LogP contribution in [0.5, 0.6) is 0 Å². The molecule has 4 nitrogen and oxygen atoms in total. The van der Waals surface area contributed by atoms with Crippen molar-refractivity contribution in [3.8, 4) is 0 Å². The van der Waals surface area contributed by atoms with Crippen LogP contribution in [-0.4, -0.2) is 30.0 Å². The number of carbonyl (C=O) groups excluding carboxylic acids is 2. The molecule has 2 rings (SSSR count). The van der Waals surface area contributed by atoms with E-state index < -0.39 is 0 Å². The second-order valence-corrected chi connectivity index (χ2v) is 6.12. The van der Waals surface area contributed by atoms with Crippen LogP contribution in [0.2, 0.25) is 0 Å². The molecule has 0 unspecified atom stereocenters. The first-order valence-corrected chi connectivity index (χ1v) is 7.84. The average molecular weight is 293 g/mol. The SMILES string of the molecule is COC(=O)c1ccc(NC(=O)CSC2CCCC2)cc1. The predicted octanol–water partition coefficient (Wildman–Crippen LogP) is 3.09. The van der Waals surface area contributed by atoms with Gasteiger partial charge in [-0.2, -0.15) is 0 Å². The van der Waals surface area contributed by atoms with Crippen molar-refractivity contribution in [3.63, 3.8) is 0 Å². The van der Waals surface area contributed by atoms with Crippen molar-refractivity contribution in [2.24, 2.45) is 0 Å². The van der Waals surface area contributed by atoms with Crippen molar-refractivity contribution in [3.05, 3.63) is 29.8 Å². The van der Waals surface area contributed by atoms with E-state index >= 15 is 0 Å². The van der Waals surface area contributed by atoms with E-state index in [1.165, 1.54) is 32.8 Å². The highest BCUT2D eigenvalue weighted by atomic mass is 32.2. The van der Waals surface area contributed by atoms with Crippen LogP contribution in [0.25, 0.3) is 0 Å². The Kier molecular flexibility index (Phi) is 5.47. The number of rotatable bonds is 5. The first kappa shape index (κ1) is 14.9. The summed E-state index contributed by atoms with van der Waals surface area (Å²) in [5.41, 5.74) is 1.18. The number of methoxy groups -OCH3 is 1. The van der Waals surface area contributed by atoms with Crippen LogP contribution in [0, 0.1) is 0 Å². The maximum absolute atomic E-state index is 11.8. The maximum atomic E-state index is 11.8. The first-order chi connectivity index (χ1) is 9.69. The Labute approximate surface area is 123 Å². The number of thioether (sulfide) groups is 1. The molecule has 0 radical (unpaired) electrons. The predicted molar refractivity (Wildman–Crippen MR) is 81.1 cm³/mol. The first-order valence-electron chi connectivity index (χ1n) is 6.79. The fourth-order valence-corrected chi connectivity index (χ4v) is 3.38. The normalized spacial score (nSPS) is 15.1. The maximum Gasteiger partial charge on any atom is 0.337 e. The molecule has 1 aliphatic carbocycles. The monoisotopic (exact) mass is 293 g/mol. The highest BCUT2D eigenvalue weighted by Crippen LogP contribution is 2.29. The number of ether oxygens (including phenoxy) is 1. The molecule has 20 heavy (non-hydrogen) atoms. The van der Waals surface area contributed by atoms with Crippen LogP contribution in [0.4, 0.5) is 5.69 Å². The zero-order valence-corrected chi connectivity index (χ0v) is 12.4. The van der Waals surface area contributed by atoms with E-state index in [1.54, 1.807) is 36.0 Å². The minimum atomic E-state index is -0.375. The Hall–Kier alpha value is -1.49. The van der Waals surface area contributed by atoms with E-state index in [2.05, 4.69) is 10.1 Å². The number of carbonyl (C=O) groups is 2. The van der Waals surface area contributed by atoms with Crippen LogP contribution in [-0.2, 0) is 9.53 Å². The summed E-state index contributed by atoms with van der Waals surface area (Å²) in [6.45, 7) is 0. The topological polar surface area (TPSA) is 55.4 Å². The van der Waals surface area contributed by atoms with Crippen molar-refractivity contribution in [2.45, 2.75) is 30.9 Å². The summed E-state index contributed by atoms with van der Waals surface area (Å²) in [6.07, 6.45) is 5.03. The molecule has 0 saturated heterocycles. The molecule has 1 aromatic rings. The minimum Gasteiger partial charge on any atom is -0.465 e. The number of esters is 1. The molecule has 5 heteroatoms. The summed E-state index contributed by atoms with van der Waals surface area (Å²) in [4.78, 5) is 23.1. The van der Waals surface area contributed by atoms with Gasteiger partial charge in [0.15, 0.2) is 0 Å². The van der Waals surface area contributed by atoms with Crippen LogP contribution in [0.15, 0.2) is 24.3 Å². The molecule has 0 heterocycles. The van der Waals surface area contributed by atoms with E-state index in [0.717, 1.165) is 0 Å². The van der Waals surface area contributed by atoms with Crippen molar-refractivity contribution in [1.82, 2.24) is 0 Å². The van der Waals surface area contributed by atoms with Gasteiger partial charge < -0.3 is 10.1 Å². The van der Waals surface area contributed by atoms with Crippen molar-refractivity contribution < 1.29 is 14.3 Å². The molecule has 1 fully saturated rings. The van der Waals surface area contributed by atoms with Crippen LogP contribution in [0.1, 0.15) is 36.0 Å². The lowest BCUT2D eigenvalue weighted by Crippen LogP contribution is -2.16. The van der Waals surface area contributed by atoms with Gasteiger partial charge in [0.05, 0.1) is 18.4 Å². The van der Waals surface area contributed by atoms with Gasteiger partial charge in [0.2, 0.25) is 5.91 Å². The lowest BCUT2D eigenvalue weighted by molar-refractivity contribution is -0.113.